The topological polar surface area (TPSA) is 47.6 Å². The van der Waals surface area contributed by atoms with E-state index in [0.717, 1.165) is 28.2 Å². The molecule has 2 rings (SSSR count). The van der Waals surface area contributed by atoms with Crippen molar-refractivity contribution in [2.45, 2.75) is 20.8 Å². The Morgan fingerprint density at radius 1 is 1.00 bits per heavy atom. The standard InChI is InChI=1S/C19H23NO3/c1-13-5-6-14(2)18(11-13)23-10-9-20-19(21)16-7-8-17(22-4)15(3)12-16/h5-8,11-12H,9-10H2,1-4H3,(H,20,21). The first-order valence-electron chi connectivity index (χ1n) is 7.64. The van der Waals surface area contributed by atoms with E-state index in [9.17, 15) is 4.79 Å². The molecule has 0 saturated carbocycles. The van der Waals surface area contributed by atoms with Gasteiger partial charge in [0, 0.05) is 5.56 Å². The lowest BCUT2D eigenvalue weighted by Crippen LogP contribution is -2.28. The van der Waals surface area contributed by atoms with Gasteiger partial charge in [0.2, 0.25) is 0 Å². The van der Waals surface area contributed by atoms with Crippen LogP contribution in [0.4, 0.5) is 0 Å². The zero-order valence-corrected chi connectivity index (χ0v) is 14.1. The van der Waals surface area contributed by atoms with Crippen molar-refractivity contribution in [2.24, 2.45) is 0 Å². The van der Waals surface area contributed by atoms with Crippen LogP contribution in [0.3, 0.4) is 0 Å². The molecule has 0 saturated heterocycles. The number of carbonyl (C=O) groups is 1. The lowest BCUT2D eigenvalue weighted by atomic mass is 10.1. The summed E-state index contributed by atoms with van der Waals surface area (Å²) in [4.78, 5) is 12.1. The molecular weight excluding hydrogens is 290 g/mol. The number of hydrogen-bond acceptors (Lipinski definition) is 3. The van der Waals surface area contributed by atoms with Crippen LogP contribution in [0, 0.1) is 20.8 Å². The van der Waals surface area contributed by atoms with Gasteiger partial charge in [-0.1, -0.05) is 12.1 Å². The van der Waals surface area contributed by atoms with E-state index >= 15 is 0 Å². The molecule has 0 heterocycles. The Labute approximate surface area is 137 Å². The highest BCUT2D eigenvalue weighted by molar-refractivity contribution is 5.94. The van der Waals surface area contributed by atoms with Gasteiger partial charge in [-0.15, -0.1) is 0 Å². The second-order valence-electron chi connectivity index (χ2n) is 5.56. The summed E-state index contributed by atoms with van der Waals surface area (Å²) in [5.41, 5.74) is 3.80. The van der Waals surface area contributed by atoms with Crippen LogP contribution in [0.25, 0.3) is 0 Å². The van der Waals surface area contributed by atoms with Gasteiger partial charge in [-0.2, -0.15) is 0 Å². The molecule has 0 aliphatic carbocycles. The van der Waals surface area contributed by atoms with E-state index in [1.165, 1.54) is 0 Å². The number of amides is 1. The minimum atomic E-state index is -0.111. The van der Waals surface area contributed by atoms with Crippen molar-refractivity contribution in [1.82, 2.24) is 5.32 Å². The fraction of sp³-hybridized carbons (Fsp3) is 0.316. The first-order valence-corrected chi connectivity index (χ1v) is 7.64. The fourth-order valence-electron chi connectivity index (χ4n) is 2.31. The Kier molecular flexibility index (Phi) is 5.63. The SMILES string of the molecule is COc1ccc(C(=O)NCCOc2cc(C)ccc2C)cc1C. The van der Waals surface area contributed by atoms with Crippen LogP contribution in [0.1, 0.15) is 27.0 Å². The lowest BCUT2D eigenvalue weighted by Gasteiger charge is -2.11. The highest BCUT2D eigenvalue weighted by Gasteiger charge is 2.08. The smallest absolute Gasteiger partial charge is 0.251 e. The molecule has 0 radical (unpaired) electrons. The number of nitrogens with one attached hydrogen (secondary N) is 1. The number of rotatable bonds is 6. The molecule has 0 fully saturated rings. The number of ether oxygens (including phenoxy) is 2. The maximum Gasteiger partial charge on any atom is 0.251 e. The van der Waals surface area contributed by atoms with Crippen molar-refractivity contribution in [3.8, 4) is 11.5 Å². The van der Waals surface area contributed by atoms with Crippen LogP contribution < -0.4 is 14.8 Å². The van der Waals surface area contributed by atoms with E-state index in [2.05, 4.69) is 11.4 Å². The molecule has 1 amide bonds. The lowest BCUT2D eigenvalue weighted by molar-refractivity contribution is 0.0947. The Hall–Kier alpha value is -2.49. The number of aryl methyl sites for hydroxylation is 3. The molecule has 0 aliphatic heterocycles. The Morgan fingerprint density at radius 3 is 2.48 bits per heavy atom. The maximum absolute atomic E-state index is 12.1. The van der Waals surface area contributed by atoms with Crippen LogP contribution in [0.2, 0.25) is 0 Å². The normalized spacial score (nSPS) is 10.3. The Balaban J connectivity index is 1.85. The minimum absolute atomic E-state index is 0.111. The summed E-state index contributed by atoms with van der Waals surface area (Å²) < 4.78 is 10.9. The molecule has 0 aromatic heterocycles. The van der Waals surface area contributed by atoms with Crippen LogP contribution in [-0.4, -0.2) is 26.2 Å². The third-order valence-corrected chi connectivity index (χ3v) is 3.65. The highest BCUT2D eigenvalue weighted by Crippen LogP contribution is 2.19. The third-order valence-electron chi connectivity index (χ3n) is 3.65. The molecule has 4 nitrogen and oxygen atoms in total. The zero-order chi connectivity index (χ0) is 16.8. The second kappa shape index (κ2) is 7.68. The summed E-state index contributed by atoms with van der Waals surface area (Å²) in [5.74, 6) is 1.53. The summed E-state index contributed by atoms with van der Waals surface area (Å²) in [5, 5.41) is 2.86. The summed E-state index contributed by atoms with van der Waals surface area (Å²) >= 11 is 0. The van der Waals surface area contributed by atoms with Crippen molar-refractivity contribution in [3.05, 3.63) is 58.7 Å². The number of carbonyl (C=O) groups excluding carboxylic acids is 1. The molecule has 2 aromatic rings. The summed E-state index contributed by atoms with van der Waals surface area (Å²) in [6.07, 6.45) is 0. The van der Waals surface area contributed by atoms with Gasteiger partial charge >= 0.3 is 0 Å². The van der Waals surface area contributed by atoms with E-state index in [4.69, 9.17) is 9.47 Å². The molecule has 0 spiro atoms. The summed E-state index contributed by atoms with van der Waals surface area (Å²) in [7, 11) is 1.62. The first kappa shape index (κ1) is 16.9. The van der Waals surface area contributed by atoms with Crippen LogP contribution >= 0.6 is 0 Å². The van der Waals surface area contributed by atoms with Crippen molar-refractivity contribution in [1.29, 1.82) is 0 Å². The predicted octanol–water partition coefficient (Wildman–Crippen LogP) is 3.43. The molecular formula is C19H23NO3. The minimum Gasteiger partial charge on any atom is -0.496 e. The van der Waals surface area contributed by atoms with Crippen LogP contribution in [0.15, 0.2) is 36.4 Å². The van der Waals surface area contributed by atoms with Crippen molar-refractivity contribution < 1.29 is 14.3 Å². The average Bonchev–Trinajstić information content (AvgIpc) is 2.54. The average molecular weight is 313 g/mol. The zero-order valence-electron chi connectivity index (χ0n) is 14.1. The molecule has 0 atom stereocenters. The van der Waals surface area contributed by atoms with Gasteiger partial charge in [0.1, 0.15) is 18.1 Å². The molecule has 0 aliphatic rings. The van der Waals surface area contributed by atoms with Gasteiger partial charge in [0.25, 0.3) is 5.91 Å². The van der Waals surface area contributed by atoms with Gasteiger partial charge in [-0.3, -0.25) is 4.79 Å². The molecule has 1 N–H and O–H groups in total. The molecule has 4 heteroatoms. The van der Waals surface area contributed by atoms with E-state index in [0.29, 0.717) is 18.7 Å². The van der Waals surface area contributed by atoms with Gasteiger partial charge < -0.3 is 14.8 Å². The largest absolute Gasteiger partial charge is 0.496 e. The van der Waals surface area contributed by atoms with Gasteiger partial charge in [-0.25, -0.2) is 0 Å². The number of hydrogen-bond donors (Lipinski definition) is 1. The van der Waals surface area contributed by atoms with E-state index < -0.39 is 0 Å². The molecule has 2 aromatic carbocycles. The quantitative estimate of drug-likeness (QED) is 0.831. The monoisotopic (exact) mass is 313 g/mol. The molecule has 122 valence electrons. The number of methoxy groups -OCH3 is 1. The van der Waals surface area contributed by atoms with Crippen molar-refractivity contribution in [2.75, 3.05) is 20.3 Å². The van der Waals surface area contributed by atoms with Crippen LogP contribution in [-0.2, 0) is 0 Å². The van der Waals surface area contributed by atoms with Gasteiger partial charge in [0.15, 0.2) is 0 Å². The highest BCUT2D eigenvalue weighted by atomic mass is 16.5. The first-order chi connectivity index (χ1) is 11.0. The molecule has 0 unspecified atom stereocenters. The molecule has 23 heavy (non-hydrogen) atoms. The van der Waals surface area contributed by atoms with Crippen molar-refractivity contribution >= 4 is 5.91 Å². The van der Waals surface area contributed by atoms with E-state index in [1.807, 2.05) is 39.0 Å². The van der Waals surface area contributed by atoms with E-state index in [-0.39, 0.29) is 5.91 Å². The Bertz CT molecular complexity index is 695. The number of benzene rings is 2. The predicted molar refractivity (Wildman–Crippen MR) is 91.5 cm³/mol. The third kappa shape index (κ3) is 4.49. The van der Waals surface area contributed by atoms with Gasteiger partial charge in [-0.05, 0) is 61.7 Å². The van der Waals surface area contributed by atoms with Gasteiger partial charge in [0.05, 0.1) is 13.7 Å². The Morgan fingerprint density at radius 2 is 1.78 bits per heavy atom. The fourth-order valence-corrected chi connectivity index (χ4v) is 2.31. The van der Waals surface area contributed by atoms with Crippen LogP contribution in [0.5, 0.6) is 11.5 Å². The summed E-state index contributed by atoms with van der Waals surface area (Å²) in [6, 6.07) is 11.5. The van der Waals surface area contributed by atoms with E-state index in [1.54, 1.807) is 19.2 Å². The second-order valence-corrected chi connectivity index (χ2v) is 5.56. The molecule has 0 bridgehead atoms. The maximum atomic E-state index is 12.1. The van der Waals surface area contributed by atoms with Crippen molar-refractivity contribution in [3.63, 3.8) is 0 Å². The summed E-state index contributed by atoms with van der Waals surface area (Å²) in [6.45, 7) is 6.84.